The van der Waals surface area contributed by atoms with Crippen LogP contribution >= 0.6 is 23.8 Å². The van der Waals surface area contributed by atoms with E-state index in [1.165, 1.54) is 11.1 Å². The minimum Gasteiger partial charge on any atom is -0.490 e. The van der Waals surface area contributed by atoms with Gasteiger partial charge in [-0.15, -0.1) is 0 Å². The van der Waals surface area contributed by atoms with E-state index in [2.05, 4.69) is 70.9 Å². The molecule has 2 aromatic carbocycles. The Morgan fingerprint density at radius 1 is 0.974 bits per heavy atom. The Hall–Kier alpha value is -3.39. The number of benzene rings is 2. The molecular formula is C30H31ClN4O2S. The molecule has 1 aliphatic heterocycles. The number of nitrogens with one attached hydrogen (secondary N) is 1. The molecule has 4 aromatic rings. The highest BCUT2D eigenvalue weighted by atomic mass is 35.5. The highest BCUT2D eigenvalue weighted by Gasteiger charge is 2.42. The number of halogens is 1. The normalized spacial score (nSPS) is 17.1. The third-order valence-electron chi connectivity index (χ3n) is 6.89. The zero-order chi connectivity index (χ0) is 26.8. The molecule has 1 N–H and O–H groups in total. The first-order chi connectivity index (χ1) is 18.4. The summed E-state index contributed by atoms with van der Waals surface area (Å²) in [6.07, 6.45) is 1.82. The summed E-state index contributed by atoms with van der Waals surface area (Å²) in [5.41, 5.74) is 7.64. The third-order valence-corrected chi connectivity index (χ3v) is 7.50. The zero-order valence-corrected chi connectivity index (χ0v) is 23.5. The molecule has 38 heavy (non-hydrogen) atoms. The van der Waals surface area contributed by atoms with Gasteiger partial charge >= 0.3 is 0 Å². The van der Waals surface area contributed by atoms with E-state index in [4.69, 9.17) is 33.3 Å². The molecular weight excluding hydrogens is 516 g/mol. The Bertz CT molecular complexity index is 1460. The molecule has 0 aliphatic carbocycles. The number of pyridine rings is 1. The van der Waals surface area contributed by atoms with Gasteiger partial charge in [-0.3, -0.25) is 4.98 Å². The Labute approximate surface area is 234 Å². The first kappa shape index (κ1) is 26.2. The van der Waals surface area contributed by atoms with Crippen molar-refractivity contribution in [1.29, 1.82) is 0 Å². The monoisotopic (exact) mass is 546 g/mol. The van der Waals surface area contributed by atoms with Crippen LogP contribution in [0.4, 0.5) is 5.69 Å². The van der Waals surface area contributed by atoms with Gasteiger partial charge in [-0.1, -0.05) is 29.8 Å². The number of anilines is 1. The lowest BCUT2D eigenvalue weighted by Gasteiger charge is -2.28. The van der Waals surface area contributed by atoms with Crippen LogP contribution in [-0.2, 0) is 4.74 Å². The van der Waals surface area contributed by atoms with Crippen molar-refractivity contribution < 1.29 is 9.47 Å². The van der Waals surface area contributed by atoms with Crippen molar-refractivity contribution in [3.05, 3.63) is 106 Å². The summed E-state index contributed by atoms with van der Waals surface area (Å²) >= 11 is 12.6. The molecule has 6 nitrogen and oxygen atoms in total. The van der Waals surface area contributed by atoms with Gasteiger partial charge in [0.2, 0.25) is 0 Å². The van der Waals surface area contributed by atoms with E-state index in [9.17, 15) is 0 Å². The predicted molar refractivity (Wildman–Crippen MR) is 157 cm³/mol. The van der Waals surface area contributed by atoms with Crippen molar-refractivity contribution in [2.75, 3.05) is 25.2 Å². The highest BCUT2D eigenvalue weighted by molar-refractivity contribution is 7.80. The summed E-state index contributed by atoms with van der Waals surface area (Å²) in [4.78, 5) is 6.83. The molecule has 1 saturated heterocycles. The number of aryl methyl sites for hydroxylation is 2. The standard InChI is InChI=1S/C30H31ClN4O2S/c1-19-8-7-9-22(16-19)34-20(2)17-24(21(34)3)29-28(26-10-5-6-13-32-26)33-30(38)35(29)23-11-12-27(25(31)18-23)37-15-14-36-4/h5-13,16-18,28-29H,14-15H2,1-4H3,(H,33,38)/t28-,29-/m0/s1. The fraction of sp³-hybridized carbons (Fsp3) is 0.267. The maximum atomic E-state index is 6.66. The van der Waals surface area contributed by atoms with Gasteiger partial charge in [0.15, 0.2) is 5.11 Å². The maximum absolute atomic E-state index is 6.66. The summed E-state index contributed by atoms with van der Waals surface area (Å²) in [7, 11) is 1.64. The Kier molecular flexibility index (Phi) is 7.70. The number of hydrogen-bond donors (Lipinski definition) is 1. The van der Waals surface area contributed by atoms with Crippen LogP contribution in [0.5, 0.6) is 5.75 Å². The van der Waals surface area contributed by atoms with Crippen molar-refractivity contribution in [3.63, 3.8) is 0 Å². The second kappa shape index (κ2) is 11.2. The summed E-state index contributed by atoms with van der Waals surface area (Å²) in [5.74, 6) is 0.612. The molecule has 1 aliphatic rings. The lowest BCUT2D eigenvalue weighted by atomic mass is 9.96. The van der Waals surface area contributed by atoms with Crippen molar-refractivity contribution in [1.82, 2.24) is 14.9 Å². The second-order valence-electron chi connectivity index (χ2n) is 9.45. The van der Waals surface area contributed by atoms with E-state index in [1.807, 2.05) is 42.6 Å². The fourth-order valence-electron chi connectivity index (χ4n) is 5.19. The van der Waals surface area contributed by atoms with Gasteiger partial charge in [0.05, 0.1) is 29.4 Å². The second-order valence-corrected chi connectivity index (χ2v) is 10.2. The average Bonchev–Trinajstić information content (AvgIpc) is 3.40. The Morgan fingerprint density at radius 2 is 1.82 bits per heavy atom. The molecule has 0 bridgehead atoms. The van der Waals surface area contributed by atoms with Crippen LogP contribution in [0.25, 0.3) is 5.69 Å². The molecule has 0 unspecified atom stereocenters. The van der Waals surface area contributed by atoms with Crippen LogP contribution in [0.1, 0.15) is 40.3 Å². The number of rotatable bonds is 8. The summed E-state index contributed by atoms with van der Waals surface area (Å²) in [6, 6.07) is 22.3. The van der Waals surface area contributed by atoms with Crippen LogP contribution in [0, 0.1) is 20.8 Å². The van der Waals surface area contributed by atoms with Gasteiger partial charge < -0.3 is 24.3 Å². The van der Waals surface area contributed by atoms with Crippen LogP contribution in [-0.4, -0.2) is 35.0 Å². The average molecular weight is 547 g/mol. The SMILES string of the molecule is COCCOc1ccc(N2C(=S)N[C@@H](c3ccccn3)[C@@H]2c2cc(C)n(-c3cccc(C)c3)c2C)cc1Cl. The summed E-state index contributed by atoms with van der Waals surface area (Å²) in [6.45, 7) is 7.34. The van der Waals surface area contributed by atoms with Gasteiger partial charge in [0.25, 0.3) is 0 Å². The Morgan fingerprint density at radius 3 is 2.53 bits per heavy atom. The molecule has 0 saturated carbocycles. The minimum absolute atomic E-state index is 0.140. The molecule has 8 heteroatoms. The summed E-state index contributed by atoms with van der Waals surface area (Å²) < 4.78 is 13.2. The summed E-state index contributed by atoms with van der Waals surface area (Å²) in [5, 5.41) is 4.68. The molecule has 0 radical (unpaired) electrons. The van der Waals surface area contributed by atoms with Crippen LogP contribution in [0.15, 0.2) is 72.9 Å². The zero-order valence-electron chi connectivity index (χ0n) is 21.9. The number of methoxy groups -OCH3 is 1. The van der Waals surface area contributed by atoms with Gasteiger partial charge in [-0.2, -0.15) is 0 Å². The van der Waals surface area contributed by atoms with Gasteiger partial charge in [0, 0.05) is 36.1 Å². The molecule has 2 aromatic heterocycles. The maximum Gasteiger partial charge on any atom is 0.174 e. The number of thiocarbonyl (C=S) groups is 1. The Balaban J connectivity index is 1.61. The fourth-order valence-corrected chi connectivity index (χ4v) is 5.77. The van der Waals surface area contributed by atoms with Crippen LogP contribution in [0.2, 0.25) is 5.02 Å². The van der Waals surface area contributed by atoms with E-state index in [0.29, 0.717) is 29.1 Å². The topological polar surface area (TPSA) is 51.6 Å². The first-order valence-electron chi connectivity index (χ1n) is 12.6. The van der Waals surface area contributed by atoms with E-state index in [-0.39, 0.29) is 12.1 Å². The number of hydrogen-bond acceptors (Lipinski definition) is 4. The van der Waals surface area contributed by atoms with E-state index in [0.717, 1.165) is 28.5 Å². The smallest absolute Gasteiger partial charge is 0.174 e. The number of nitrogens with zero attached hydrogens (tertiary/aromatic N) is 3. The molecule has 0 amide bonds. The molecule has 0 spiro atoms. The molecule has 5 rings (SSSR count). The lowest BCUT2D eigenvalue weighted by molar-refractivity contribution is 0.146. The lowest BCUT2D eigenvalue weighted by Crippen LogP contribution is -2.29. The highest BCUT2D eigenvalue weighted by Crippen LogP contribution is 2.45. The minimum atomic E-state index is -0.147. The number of aromatic nitrogens is 2. The molecule has 3 heterocycles. The van der Waals surface area contributed by atoms with Gasteiger partial charge in [-0.25, -0.2) is 0 Å². The first-order valence-corrected chi connectivity index (χ1v) is 13.4. The van der Waals surface area contributed by atoms with Gasteiger partial charge in [-0.05, 0) is 92.6 Å². The molecule has 196 valence electrons. The molecule has 2 atom stereocenters. The van der Waals surface area contributed by atoms with E-state index in [1.54, 1.807) is 7.11 Å². The molecule has 1 fully saturated rings. The number of ether oxygens (including phenoxy) is 2. The third kappa shape index (κ3) is 5.01. The van der Waals surface area contributed by atoms with E-state index >= 15 is 0 Å². The van der Waals surface area contributed by atoms with E-state index < -0.39 is 0 Å². The van der Waals surface area contributed by atoms with Crippen LogP contribution in [0.3, 0.4) is 0 Å². The van der Waals surface area contributed by atoms with Crippen molar-refractivity contribution in [2.45, 2.75) is 32.9 Å². The predicted octanol–water partition coefficient (Wildman–Crippen LogP) is 6.65. The van der Waals surface area contributed by atoms with Crippen molar-refractivity contribution in [3.8, 4) is 11.4 Å². The van der Waals surface area contributed by atoms with Crippen molar-refractivity contribution >= 4 is 34.6 Å². The van der Waals surface area contributed by atoms with Crippen molar-refractivity contribution in [2.24, 2.45) is 0 Å². The largest absolute Gasteiger partial charge is 0.490 e. The van der Waals surface area contributed by atoms with Gasteiger partial charge in [0.1, 0.15) is 12.4 Å². The van der Waals surface area contributed by atoms with Crippen LogP contribution < -0.4 is 15.0 Å². The quantitative estimate of drug-likeness (QED) is 0.197.